The van der Waals surface area contributed by atoms with Crippen LogP contribution < -0.4 is 5.73 Å². The number of alkyl halides is 3. The maximum Gasteiger partial charge on any atom is 0.389 e. The van der Waals surface area contributed by atoms with Crippen LogP contribution in [0.1, 0.15) is 26.2 Å². The van der Waals surface area contributed by atoms with Gasteiger partial charge in [0, 0.05) is 12.5 Å². The summed E-state index contributed by atoms with van der Waals surface area (Å²) in [6, 6.07) is -0.123. The summed E-state index contributed by atoms with van der Waals surface area (Å²) in [5, 5.41) is 0. The van der Waals surface area contributed by atoms with Gasteiger partial charge in [0.25, 0.3) is 0 Å². The summed E-state index contributed by atoms with van der Waals surface area (Å²) >= 11 is 0. The van der Waals surface area contributed by atoms with Gasteiger partial charge in [0.15, 0.2) is 0 Å². The molecule has 62 valence electrons. The van der Waals surface area contributed by atoms with Gasteiger partial charge in [0.1, 0.15) is 0 Å². The zero-order valence-corrected chi connectivity index (χ0v) is 5.91. The maximum atomic E-state index is 11.5. The van der Waals surface area contributed by atoms with Crippen LogP contribution in [0.3, 0.4) is 0 Å². The second-order valence-corrected chi connectivity index (χ2v) is 2.48. The third kappa shape index (κ3) is 7.75. The molecule has 0 aliphatic carbocycles. The Kier molecular flexibility index (Phi) is 3.71. The molecule has 4 heteroatoms. The first-order valence-corrected chi connectivity index (χ1v) is 3.24. The second kappa shape index (κ2) is 3.81. The molecule has 1 nitrogen and oxygen atoms in total. The number of halogens is 3. The lowest BCUT2D eigenvalue weighted by Gasteiger charge is -2.06. The van der Waals surface area contributed by atoms with Gasteiger partial charge in [-0.3, -0.25) is 0 Å². The molecule has 0 aliphatic heterocycles. The molecular weight excluding hydrogens is 143 g/mol. The van der Waals surface area contributed by atoms with Crippen molar-refractivity contribution in [1.82, 2.24) is 0 Å². The Hall–Kier alpha value is -0.250. The average molecular weight is 155 g/mol. The molecule has 0 amide bonds. The first-order chi connectivity index (χ1) is 4.42. The smallest absolute Gasteiger partial charge is 0.328 e. The Morgan fingerprint density at radius 1 is 1.40 bits per heavy atom. The van der Waals surface area contributed by atoms with Crippen LogP contribution in [0.25, 0.3) is 0 Å². The van der Waals surface area contributed by atoms with E-state index in [-0.39, 0.29) is 12.5 Å². The van der Waals surface area contributed by atoms with E-state index in [0.717, 1.165) is 0 Å². The Labute approximate surface area is 58.4 Å². The first kappa shape index (κ1) is 9.75. The predicted octanol–water partition coefficient (Wildman–Crippen LogP) is 2.07. The van der Waals surface area contributed by atoms with Gasteiger partial charge in [-0.2, -0.15) is 13.2 Å². The summed E-state index contributed by atoms with van der Waals surface area (Å²) in [5.41, 5.74) is 5.25. The van der Waals surface area contributed by atoms with Gasteiger partial charge in [-0.25, -0.2) is 0 Å². The Morgan fingerprint density at radius 2 is 1.90 bits per heavy atom. The molecule has 0 aromatic carbocycles. The molecule has 10 heavy (non-hydrogen) atoms. The van der Waals surface area contributed by atoms with Gasteiger partial charge >= 0.3 is 6.18 Å². The molecule has 2 N–H and O–H groups in total. The van der Waals surface area contributed by atoms with Crippen LogP contribution in [-0.4, -0.2) is 12.2 Å². The average Bonchev–Trinajstić information content (AvgIpc) is 1.59. The van der Waals surface area contributed by atoms with E-state index in [1.807, 2.05) is 0 Å². The lowest BCUT2D eigenvalue weighted by atomic mass is 10.1. The van der Waals surface area contributed by atoms with Gasteiger partial charge in [-0.15, -0.1) is 0 Å². The highest BCUT2D eigenvalue weighted by Gasteiger charge is 2.25. The summed E-state index contributed by atoms with van der Waals surface area (Å²) in [6.45, 7) is 1.70. The van der Waals surface area contributed by atoms with E-state index in [4.69, 9.17) is 5.73 Å². The van der Waals surface area contributed by atoms with Gasteiger partial charge in [-0.1, -0.05) is 0 Å². The summed E-state index contributed by atoms with van der Waals surface area (Å²) < 4.78 is 34.4. The molecule has 0 aromatic heterocycles. The minimum atomic E-state index is -4.02. The molecule has 1 atom stereocenters. The fourth-order valence-electron chi connectivity index (χ4n) is 0.624. The Bertz CT molecular complexity index is 87.5. The first-order valence-electron chi connectivity index (χ1n) is 3.24. The van der Waals surface area contributed by atoms with Gasteiger partial charge in [0.2, 0.25) is 0 Å². The van der Waals surface area contributed by atoms with Crippen molar-refractivity contribution in [3.8, 4) is 0 Å². The van der Waals surface area contributed by atoms with E-state index in [1.54, 1.807) is 6.92 Å². The summed E-state index contributed by atoms with van der Waals surface area (Å²) in [6.07, 6.45) is -4.15. The molecule has 0 spiro atoms. The van der Waals surface area contributed by atoms with Crippen LogP contribution in [0.15, 0.2) is 0 Å². The van der Waals surface area contributed by atoms with Crippen LogP contribution >= 0.6 is 0 Å². The number of rotatable bonds is 3. The fourth-order valence-corrected chi connectivity index (χ4v) is 0.624. The van der Waals surface area contributed by atoms with Crippen molar-refractivity contribution >= 4 is 0 Å². The van der Waals surface area contributed by atoms with E-state index in [0.29, 0.717) is 6.42 Å². The highest BCUT2D eigenvalue weighted by molar-refractivity contribution is 4.56. The predicted molar refractivity (Wildman–Crippen MR) is 33.6 cm³/mol. The van der Waals surface area contributed by atoms with E-state index in [9.17, 15) is 13.2 Å². The molecule has 0 fully saturated rings. The quantitative estimate of drug-likeness (QED) is 0.663. The highest BCUT2D eigenvalue weighted by Crippen LogP contribution is 2.22. The van der Waals surface area contributed by atoms with E-state index in [1.165, 1.54) is 0 Å². The molecule has 0 aliphatic rings. The molecule has 0 saturated heterocycles. The molecule has 0 rings (SSSR count). The van der Waals surface area contributed by atoms with Crippen molar-refractivity contribution in [2.45, 2.75) is 38.4 Å². The Balaban J connectivity index is 3.21. The topological polar surface area (TPSA) is 26.0 Å². The Morgan fingerprint density at radius 3 is 2.20 bits per heavy atom. The standard InChI is InChI=1S/C6H12F3N/c1-5(10)3-2-4-6(7,8)9/h5H,2-4,10H2,1H3/t5-/m0/s1. The van der Waals surface area contributed by atoms with E-state index in [2.05, 4.69) is 0 Å². The molecular formula is C6H12F3N. The van der Waals surface area contributed by atoms with E-state index < -0.39 is 12.6 Å². The van der Waals surface area contributed by atoms with Crippen molar-refractivity contribution in [2.75, 3.05) is 0 Å². The third-order valence-corrected chi connectivity index (χ3v) is 1.12. The minimum absolute atomic E-state index is 0.123. The SMILES string of the molecule is C[C@H](N)CCCC(F)(F)F. The maximum absolute atomic E-state index is 11.5. The lowest BCUT2D eigenvalue weighted by molar-refractivity contribution is -0.135. The van der Waals surface area contributed by atoms with Crippen molar-refractivity contribution in [2.24, 2.45) is 5.73 Å². The van der Waals surface area contributed by atoms with Crippen molar-refractivity contribution < 1.29 is 13.2 Å². The highest BCUT2D eigenvalue weighted by atomic mass is 19.4. The molecule has 0 aromatic rings. The zero-order chi connectivity index (χ0) is 8.20. The van der Waals surface area contributed by atoms with Gasteiger partial charge in [-0.05, 0) is 19.8 Å². The van der Waals surface area contributed by atoms with Crippen LogP contribution in [0.2, 0.25) is 0 Å². The summed E-state index contributed by atoms with van der Waals surface area (Å²) in [7, 11) is 0. The van der Waals surface area contributed by atoms with Gasteiger partial charge < -0.3 is 5.73 Å². The molecule has 0 heterocycles. The second-order valence-electron chi connectivity index (χ2n) is 2.48. The normalized spacial score (nSPS) is 15.3. The minimum Gasteiger partial charge on any atom is -0.328 e. The van der Waals surface area contributed by atoms with Crippen molar-refractivity contribution in [3.63, 3.8) is 0 Å². The number of hydrogen-bond donors (Lipinski definition) is 1. The monoisotopic (exact) mass is 155 g/mol. The fraction of sp³-hybridized carbons (Fsp3) is 1.00. The lowest BCUT2D eigenvalue weighted by Crippen LogP contribution is -2.16. The van der Waals surface area contributed by atoms with E-state index >= 15 is 0 Å². The molecule has 0 bridgehead atoms. The third-order valence-electron chi connectivity index (χ3n) is 1.12. The summed E-state index contributed by atoms with van der Waals surface area (Å²) in [5.74, 6) is 0. The van der Waals surface area contributed by atoms with Crippen molar-refractivity contribution in [3.05, 3.63) is 0 Å². The largest absolute Gasteiger partial charge is 0.389 e. The number of hydrogen-bond acceptors (Lipinski definition) is 1. The summed E-state index contributed by atoms with van der Waals surface area (Å²) in [4.78, 5) is 0. The van der Waals surface area contributed by atoms with Crippen molar-refractivity contribution in [1.29, 1.82) is 0 Å². The molecule has 0 saturated carbocycles. The zero-order valence-electron chi connectivity index (χ0n) is 5.91. The van der Waals surface area contributed by atoms with Crippen LogP contribution in [0.5, 0.6) is 0 Å². The van der Waals surface area contributed by atoms with Crippen LogP contribution in [-0.2, 0) is 0 Å². The molecule has 0 radical (unpaired) electrons. The number of nitrogens with two attached hydrogens (primary N) is 1. The van der Waals surface area contributed by atoms with Gasteiger partial charge in [0.05, 0.1) is 0 Å². The van der Waals surface area contributed by atoms with Crippen LogP contribution in [0, 0.1) is 0 Å². The molecule has 0 unspecified atom stereocenters. The van der Waals surface area contributed by atoms with Crippen LogP contribution in [0.4, 0.5) is 13.2 Å².